The predicted molar refractivity (Wildman–Crippen MR) is 66.3 cm³/mol. The second kappa shape index (κ2) is 4.70. The van der Waals surface area contributed by atoms with Crippen molar-refractivity contribution in [3.8, 4) is 0 Å². The van der Waals surface area contributed by atoms with Crippen molar-refractivity contribution in [2.24, 2.45) is 4.99 Å². The summed E-state index contributed by atoms with van der Waals surface area (Å²) in [4.78, 5) is 20.4. The van der Waals surface area contributed by atoms with Gasteiger partial charge >= 0.3 is 0 Å². The summed E-state index contributed by atoms with van der Waals surface area (Å²) in [5, 5.41) is 3.10. The highest BCUT2D eigenvalue weighted by Gasteiger charge is 2.37. The van der Waals surface area contributed by atoms with Crippen LogP contribution in [0.4, 0.5) is 0 Å². The molecule has 3 heterocycles. The molecule has 1 unspecified atom stereocenters. The van der Waals surface area contributed by atoms with E-state index in [-0.39, 0.29) is 17.9 Å². The monoisotopic (exact) mass is 243 g/mol. The van der Waals surface area contributed by atoms with Crippen LogP contribution in [-0.4, -0.2) is 35.8 Å². The van der Waals surface area contributed by atoms with Gasteiger partial charge in [0.05, 0.1) is 6.04 Å². The van der Waals surface area contributed by atoms with Crippen molar-refractivity contribution in [1.82, 2.24) is 10.3 Å². The van der Waals surface area contributed by atoms with Gasteiger partial charge in [0.1, 0.15) is 0 Å². The SMILES string of the molecule is O=C(C1C=CCN1)[C@H]1N=CO[C@@H]1c1ccncc1. The van der Waals surface area contributed by atoms with Gasteiger partial charge in [-0.25, -0.2) is 4.99 Å². The zero-order valence-electron chi connectivity index (χ0n) is 9.69. The van der Waals surface area contributed by atoms with Crippen LogP contribution in [0.1, 0.15) is 11.7 Å². The van der Waals surface area contributed by atoms with Gasteiger partial charge in [-0.2, -0.15) is 0 Å². The van der Waals surface area contributed by atoms with Crippen LogP contribution >= 0.6 is 0 Å². The highest BCUT2D eigenvalue weighted by molar-refractivity contribution is 5.93. The number of aromatic nitrogens is 1. The lowest BCUT2D eigenvalue weighted by atomic mass is 9.97. The number of rotatable bonds is 3. The molecule has 0 radical (unpaired) electrons. The van der Waals surface area contributed by atoms with Crippen LogP contribution in [0, 0.1) is 0 Å². The van der Waals surface area contributed by atoms with Crippen molar-refractivity contribution >= 4 is 12.2 Å². The Morgan fingerprint density at radius 1 is 1.39 bits per heavy atom. The maximum atomic E-state index is 12.3. The molecule has 92 valence electrons. The van der Waals surface area contributed by atoms with Gasteiger partial charge in [0.15, 0.2) is 24.3 Å². The number of ether oxygens (including phenoxy) is 1. The number of aliphatic imine (C=N–C) groups is 1. The third-order valence-electron chi connectivity index (χ3n) is 3.13. The summed E-state index contributed by atoms with van der Waals surface area (Å²) in [6.45, 7) is 0.730. The molecule has 0 bridgehead atoms. The van der Waals surface area contributed by atoms with E-state index in [1.807, 2.05) is 24.3 Å². The molecule has 1 aromatic heterocycles. The first-order chi connectivity index (χ1) is 8.86. The molecular weight excluding hydrogens is 230 g/mol. The summed E-state index contributed by atoms with van der Waals surface area (Å²) >= 11 is 0. The molecule has 1 aromatic rings. The van der Waals surface area contributed by atoms with Crippen LogP contribution in [0.5, 0.6) is 0 Å². The molecule has 0 amide bonds. The number of Topliss-reactive ketones (excluding diaryl/α,β-unsaturated/α-hetero) is 1. The standard InChI is InChI=1S/C13H13N3O2/c17-12(10-2-1-5-15-10)11-13(18-8-16-11)9-3-6-14-7-4-9/h1-4,6-8,10-11,13,15H,5H2/t10?,11-,13-/m1/s1. The zero-order chi connectivity index (χ0) is 12.4. The van der Waals surface area contributed by atoms with Gasteiger partial charge in [-0.1, -0.05) is 12.2 Å². The van der Waals surface area contributed by atoms with Gasteiger partial charge in [-0.3, -0.25) is 9.78 Å². The Labute approximate surface area is 105 Å². The summed E-state index contributed by atoms with van der Waals surface area (Å²) < 4.78 is 5.44. The summed E-state index contributed by atoms with van der Waals surface area (Å²) in [5.41, 5.74) is 0.919. The number of nitrogens with zero attached hydrogens (tertiary/aromatic N) is 2. The summed E-state index contributed by atoms with van der Waals surface area (Å²) in [6.07, 6.45) is 8.23. The van der Waals surface area contributed by atoms with E-state index in [1.54, 1.807) is 12.4 Å². The maximum absolute atomic E-state index is 12.3. The molecular formula is C13H13N3O2. The first-order valence-electron chi connectivity index (χ1n) is 5.87. The van der Waals surface area contributed by atoms with E-state index in [9.17, 15) is 4.79 Å². The first kappa shape index (κ1) is 11.1. The van der Waals surface area contributed by atoms with Crippen molar-refractivity contribution in [3.63, 3.8) is 0 Å². The minimum atomic E-state index is -0.479. The first-order valence-corrected chi connectivity index (χ1v) is 5.87. The quantitative estimate of drug-likeness (QED) is 0.792. The van der Waals surface area contributed by atoms with Crippen LogP contribution in [-0.2, 0) is 9.53 Å². The third kappa shape index (κ3) is 1.93. The van der Waals surface area contributed by atoms with Crippen molar-refractivity contribution in [2.75, 3.05) is 6.54 Å². The van der Waals surface area contributed by atoms with Crippen molar-refractivity contribution in [3.05, 3.63) is 42.2 Å². The van der Waals surface area contributed by atoms with E-state index in [0.717, 1.165) is 12.1 Å². The fourth-order valence-corrected chi connectivity index (χ4v) is 2.20. The fourth-order valence-electron chi connectivity index (χ4n) is 2.20. The lowest BCUT2D eigenvalue weighted by molar-refractivity contribution is -0.122. The average Bonchev–Trinajstić information content (AvgIpc) is 3.10. The molecule has 0 saturated carbocycles. The topological polar surface area (TPSA) is 63.6 Å². The number of ketones is 1. The Morgan fingerprint density at radius 2 is 2.22 bits per heavy atom. The number of hydrogen-bond acceptors (Lipinski definition) is 5. The Bertz CT molecular complexity index is 498. The number of carbonyl (C=O) groups is 1. The minimum absolute atomic E-state index is 0.0410. The van der Waals surface area contributed by atoms with Crippen LogP contribution in [0.25, 0.3) is 0 Å². The van der Waals surface area contributed by atoms with E-state index in [4.69, 9.17) is 4.74 Å². The average molecular weight is 243 g/mol. The van der Waals surface area contributed by atoms with Gasteiger partial charge in [-0.15, -0.1) is 0 Å². The zero-order valence-corrected chi connectivity index (χ0v) is 9.69. The number of pyridine rings is 1. The van der Waals surface area contributed by atoms with Crippen molar-refractivity contribution < 1.29 is 9.53 Å². The van der Waals surface area contributed by atoms with Gasteiger partial charge in [-0.05, 0) is 17.7 Å². The molecule has 18 heavy (non-hydrogen) atoms. The molecule has 0 spiro atoms. The molecule has 2 aliphatic heterocycles. The van der Waals surface area contributed by atoms with Gasteiger partial charge in [0.2, 0.25) is 0 Å². The molecule has 3 rings (SSSR count). The Balaban J connectivity index is 1.80. The van der Waals surface area contributed by atoms with Crippen LogP contribution in [0.15, 0.2) is 41.7 Å². The molecule has 0 aromatic carbocycles. The maximum Gasteiger partial charge on any atom is 0.182 e. The van der Waals surface area contributed by atoms with Gasteiger partial charge in [0.25, 0.3) is 0 Å². The predicted octanol–water partition coefficient (Wildman–Crippen LogP) is 0.647. The summed E-state index contributed by atoms with van der Waals surface area (Å²) in [7, 11) is 0. The summed E-state index contributed by atoms with van der Waals surface area (Å²) in [6, 6.07) is 2.96. The third-order valence-corrected chi connectivity index (χ3v) is 3.13. The minimum Gasteiger partial charge on any atom is -0.473 e. The smallest absolute Gasteiger partial charge is 0.182 e. The van der Waals surface area contributed by atoms with Gasteiger partial charge in [0, 0.05) is 18.9 Å². The van der Waals surface area contributed by atoms with Crippen LogP contribution in [0.3, 0.4) is 0 Å². The van der Waals surface area contributed by atoms with Crippen molar-refractivity contribution in [1.29, 1.82) is 0 Å². The normalized spacial score (nSPS) is 29.4. The van der Waals surface area contributed by atoms with E-state index in [2.05, 4.69) is 15.3 Å². The van der Waals surface area contributed by atoms with Crippen molar-refractivity contribution in [2.45, 2.75) is 18.2 Å². The molecule has 5 nitrogen and oxygen atoms in total. The second-order valence-corrected chi connectivity index (χ2v) is 4.25. The largest absolute Gasteiger partial charge is 0.473 e. The van der Waals surface area contributed by atoms with E-state index < -0.39 is 6.04 Å². The Kier molecular flexibility index (Phi) is 2.90. The lowest BCUT2D eigenvalue weighted by Crippen LogP contribution is -2.39. The highest BCUT2D eigenvalue weighted by Crippen LogP contribution is 2.28. The second-order valence-electron chi connectivity index (χ2n) is 4.25. The Morgan fingerprint density at radius 3 is 2.94 bits per heavy atom. The molecule has 3 atom stereocenters. The fraction of sp³-hybridized carbons (Fsp3) is 0.308. The van der Waals surface area contributed by atoms with Gasteiger partial charge < -0.3 is 10.1 Å². The lowest BCUT2D eigenvalue weighted by Gasteiger charge is -2.18. The Hall–Kier alpha value is -2.01. The van der Waals surface area contributed by atoms with E-state index in [0.29, 0.717) is 0 Å². The molecule has 0 saturated heterocycles. The molecule has 2 aliphatic rings. The molecule has 5 heteroatoms. The summed E-state index contributed by atoms with van der Waals surface area (Å²) in [5.74, 6) is 0.0410. The van der Waals surface area contributed by atoms with Crippen LogP contribution < -0.4 is 5.32 Å². The van der Waals surface area contributed by atoms with E-state index >= 15 is 0 Å². The van der Waals surface area contributed by atoms with Crippen LogP contribution in [0.2, 0.25) is 0 Å². The van der Waals surface area contributed by atoms with E-state index in [1.165, 1.54) is 6.40 Å². The number of carbonyl (C=O) groups excluding carboxylic acids is 1. The molecule has 1 N–H and O–H groups in total. The molecule has 0 aliphatic carbocycles. The highest BCUT2D eigenvalue weighted by atomic mass is 16.5. The molecule has 0 fully saturated rings. The number of nitrogens with one attached hydrogen (secondary N) is 1. The number of hydrogen-bond donors (Lipinski definition) is 1.